The van der Waals surface area contributed by atoms with Gasteiger partial charge in [0.25, 0.3) is 0 Å². The molecule has 144 valence electrons. The molecule has 0 atom stereocenters. The first-order chi connectivity index (χ1) is 13.5. The summed E-state index contributed by atoms with van der Waals surface area (Å²) in [5.74, 6) is -0.121. The van der Waals surface area contributed by atoms with E-state index in [9.17, 15) is 13.6 Å². The number of hydrogen-bond acceptors (Lipinski definition) is 5. The van der Waals surface area contributed by atoms with Gasteiger partial charge in [-0.1, -0.05) is 39.8 Å². The van der Waals surface area contributed by atoms with Crippen LogP contribution in [0.1, 0.15) is 0 Å². The zero-order chi connectivity index (χ0) is 19.9. The SMILES string of the molecule is O=C(CSc1nccc(-c2ccc(Br)cc2)n1)Nc1ccc(OC(F)F)cc1. The zero-order valence-corrected chi connectivity index (χ0v) is 16.7. The standard InChI is InChI=1S/C19H14BrF2N3O2S/c20-13-3-1-12(2-4-13)16-9-10-23-19(25-16)28-11-17(26)24-14-5-7-15(8-6-14)27-18(21)22/h1-10,18H,11H2,(H,24,26). The minimum Gasteiger partial charge on any atom is -0.435 e. The molecule has 0 unspecified atom stereocenters. The topological polar surface area (TPSA) is 64.1 Å². The van der Waals surface area contributed by atoms with E-state index in [-0.39, 0.29) is 17.4 Å². The summed E-state index contributed by atoms with van der Waals surface area (Å²) in [5, 5.41) is 3.16. The maximum atomic E-state index is 12.1. The molecule has 1 N–H and O–H groups in total. The van der Waals surface area contributed by atoms with Gasteiger partial charge in [0.1, 0.15) is 5.75 Å². The van der Waals surface area contributed by atoms with Crippen LogP contribution in [0.2, 0.25) is 0 Å². The van der Waals surface area contributed by atoms with Gasteiger partial charge in [0.05, 0.1) is 11.4 Å². The summed E-state index contributed by atoms with van der Waals surface area (Å²) in [5.41, 5.74) is 2.19. The van der Waals surface area contributed by atoms with Gasteiger partial charge in [-0.15, -0.1) is 0 Å². The molecule has 0 aliphatic carbocycles. The third-order valence-corrected chi connectivity index (χ3v) is 4.86. The normalized spacial score (nSPS) is 10.7. The smallest absolute Gasteiger partial charge is 0.387 e. The van der Waals surface area contributed by atoms with Crippen LogP contribution in [-0.2, 0) is 4.79 Å². The van der Waals surface area contributed by atoms with Crippen molar-refractivity contribution in [2.24, 2.45) is 0 Å². The fraction of sp³-hybridized carbons (Fsp3) is 0.105. The number of halogens is 3. The number of amides is 1. The molecule has 2 aromatic carbocycles. The lowest BCUT2D eigenvalue weighted by atomic mass is 10.1. The van der Waals surface area contributed by atoms with Crippen LogP contribution < -0.4 is 10.1 Å². The van der Waals surface area contributed by atoms with Gasteiger partial charge in [-0.2, -0.15) is 8.78 Å². The predicted octanol–water partition coefficient (Wildman–Crippen LogP) is 5.24. The number of anilines is 1. The van der Waals surface area contributed by atoms with Crippen LogP contribution in [0.3, 0.4) is 0 Å². The van der Waals surface area contributed by atoms with Gasteiger partial charge in [0, 0.05) is 21.9 Å². The van der Waals surface area contributed by atoms with E-state index in [4.69, 9.17) is 0 Å². The zero-order valence-electron chi connectivity index (χ0n) is 14.3. The molecule has 0 fully saturated rings. The fourth-order valence-corrected chi connectivity index (χ4v) is 3.13. The summed E-state index contributed by atoms with van der Waals surface area (Å²) >= 11 is 4.60. The van der Waals surface area contributed by atoms with E-state index < -0.39 is 6.61 Å². The Hall–Kier alpha value is -2.52. The van der Waals surface area contributed by atoms with Crippen LogP contribution in [0, 0.1) is 0 Å². The van der Waals surface area contributed by atoms with E-state index in [0.717, 1.165) is 15.7 Å². The molecule has 1 heterocycles. The van der Waals surface area contributed by atoms with Crippen LogP contribution >= 0.6 is 27.7 Å². The number of alkyl halides is 2. The first-order valence-corrected chi connectivity index (χ1v) is 9.84. The quantitative estimate of drug-likeness (QED) is 0.381. The molecule has 3 aromatic rings. The number of carbonyl (C=O) groups excluding carboxylic acids is 1. The molecule has 0 radical (unpaired) electrons. The highest BCUT2D eigenvalue weighted by atomic mass is 79.9. The third-order valence-electron chi connectivity index (χ3n) is 3.47. The van der Waals surface area contributed by atoms with Crippen LogP contribution in [0.5, 0.6) is 5.75 Å². The second-order valence-corrected chi connectivity index (χ2v) is 7.33. The first kappa shape index (κ1) is 20.2. The van der Waals surface area contributed by atoms with Crippen molar-refractivity contribution in [1.82, 2.24) is 9.97 Å². The number of rotatable bonds is 7. The summed E-state index contributed by atoms with van der Waals surface area (Å²) in [6, 6.07) is 15.2. The second-order valence-electron chi connectivity index (χ2n) is 5.47. The monoisotopic (exact) mass is 465 g/mol. The van der Waals surface area contributed by atoms with Crippen molar-refractivity contribution in [1.29, 1.82) is 0 Å². The summed E-state index contributed by atoms with van der Waals surface area (Å²) in [4.78, 5) is 20.7. The van der Waals surface area contributed by atoms with E-state index in [1.807, 2.05) is 24.3 Å². The van der Waals surface area contributed by atoms with Crippen LogP contribution in [0.4, 0.5) is 14.5 Å². The van der Waals surface area contributed by atoms with Gasteiger partial charge < -0.3 is 10.1 Å². The second kappa shape index (κ2) is 9.61. The summed E-state index contributed by atoms with van der Waals surface area (Å²) in [7, 11) is 0. The highest BCUT2D eigenvalue weighted by Gasteiger charge is 2.08. The molecular weight excluding hydrogens is 452 g/mol. The van der Waals surface area contributed by atoms with Gasteiger partial charge in [-0.25, -0.2) is 9.97 Å². The van der Waals surface area contributed by atoms with Gasteiger partial charge >= 0.3 is 6.61 Å². The third kappa shape index (κ3) is 6.00. The van der Waals surface area contributed by atoms with Crippen molar-refractivity contribution < 1.29 is 18.3 Å². The van der Waals surface area contributed by atoms with Crippen LogP contribution in [-0.4, -0.2) is 28.2 Å². The predicted molar refractivity (Wildman–Crippen MR) is 108 cm³/mol. The van der Waals surface area contributed by atoms with Gasteiger partial charge in [0.2, 0.25) is 5.91 Å². The number of aromatic nitrogens is 2. The van der Waals surface area contributed by atoms with E-state index in [2.05, 4.69) is 36.0 Å². The Labute approximate surface area is 172 Å². The fourth-order valence-electron chi connectivity index (χ4n) is 2.24. The molecule has 28 heavy (non-hydrogen) atoms. The highest BCUT2D eigenvalue weighted by Crippen LogP contribution is 2.22. The first-order valence-electron chi connectivity index (χ1n) is 8.06. The minimum absolute atomic E-state index is 0.0283. The number of ether oxygens (including phenoxy) is 1. The van der Waals surface area contributed by atoms with Gasteiger partial charge in [-0.05, 0) is 42.5 Å². The summed E-state index contributed by atoms with van der Waals surface area (Å²) in [6.07, 6.45) is 1.65. The van der Waals surface area contributed by atoms with Crippen LogP contribution in [0.15, 0.2) is 70.4 Å². The molecule has 0 bridgehead atoms. The van der Waals surface area contributed by atoms with E-state index >= 15 is 0 Å². The van der Waals surface area contributed by atoms with Crippen molar-refractivity contribution in [2.75, 3.05) is 11.1 Å². The Bertz CT molecular complexity index is 941. The molecule has 9 heteroatoms. The lowest BCUT2D eigenvalue weighted by Gasteiger charge is -2.07. The molecule has 1 amide bonds. The van der Waals surface area contributed by atoms with Crippen molar-refractivity contribution >= 4 is 39.3 Å². The number of hydrogen-bond donors (Lipinski definition) is 1. The molecule has 5 nitrogen and oxygen atoms in total. The van der Waals surface area contributed by atoms with Gasteiger partial charge in [0.15, 0.2) is 5.16 Å². The van der Waals surface area contributed by atoms with Crippen LogP contribution in [0.25, 0.3) is 11.3 Å². The Morgan fingerprint density at radius 2 is 1.82 bits per heavy atom. The molecule has 3 rings (SSSR count). The number of nitrogens with one attached hydrogen (secondary N) is 1. The molecule has 0 aliphatic rings. The van der Waals surface area contributed by atoms with Crippen molar-refractivity contribution in [3.8, 4) is 17.0 Å². The largest absolute Gasteiger partial charge is 0.435 e. The Morgan fingerprint density at radius 3 is 2.50 bits per heavy atom. The highest BCUT2D eigenvalue weighted by molar-refractivity contribution is 9.10. The molecular formula is C19H14BrF2N3O2S. The van der Waals surface area contributed by atoms with E-state index in [1.54, 1.807) is 12.3 Å². The summed E-state index contributed by atoms with van der Waals surface area (Å²) < 4.78 is 29.5. The van der Waals surface area contributed by atoms with Crippen molar-refractivity contribution in [3.05, 3.63) is 65.3 Å². The maximum Gasteiger partial charge on any atom is 0.387 e. The molecule has 0 spiro atoms. The number of nitrogens with zero attached hydrogens (tertiary/aromatic N) is 2. The average Bonchev–Trinajstić information content (AvgIpc) is 2.68. The Balaban J connectivity index is 1.56. The Morgan fingerprint density at radius 1 is 1.11 bits per heavy atom. The number of benzene rings is 2. The summed E-state index contributed by atoms with van der Waals surface area (Å²) in [6.45, 7) is -2.88. The molecule has 0 saturated heterocycles. The Kier molecular flexibility index (Phi) is 6.94. The van der Waals surface area contributed by atoms with E-state index in [1.165, 1.54) is 36.0 Å². The van der Waals surface area contributed by atoms with Crippen molar-refractivity contribution in [3.63, 3.8) is 0 Å². The molecule has 0 saturated carbocycles. The van der Waals surface area contributed by atoms with Gasteiger partial charge in [-0.3, -0.25) is 4.79 Å². The lowest BCUT2D eigenvalue weighted by Crippen LogP contribution is -2.14. The lowest BCUT2D eigenvalue weighted by molar-refractivity contribution is -0.113. The minimum atomic E-state index is -2.88. The average molecular weight is 466 g/mol. The number of carbonyl (C=O) groups is 1. The molecule has 1 aromatic heterocycles. The molecule has 0 aliphatic heterocycles. The van der Waals surface area contributed by atoms with E-state index in [0.29, 0.717) is 10.8 Å². The number of thioether (sulfide) groups is 1. The maximum absolute atomic E-state index is 12.1. The van der Waals surface area contributed by atoms with Crippen molar-refractivity contribution in [2.45, 2.75) is 11.8 Å².